The molecule has 3 aromatic rings. The highest BCUT2D eigenvalue weighted by Gasteiger charge is 2.08. The SMILES string of the molecule is O=C(Cc1ccccc1)NNC(=O)c1ccc(OCc2ccccc2)cc1. The maximum atomic E-state index is 12.1. The van der Waals surface area contributed by atoms with Gasteiger partial charge in [0.05, 0.1) is 6.42 Å². The van der Waals surface area contributed by atoms with Crippen molar-refractivity contribution in [2.45, 2.75) is 13.0 Å². The van der Waals surface area contributed by atoms with Crippen LogP contribution in [0.5, 0.6) is 5.75 Å². The van der Waals surface area contributed by atoms with Gasteiger partial charge in [0.15, 0.2) is 0 Å². The van der Waals surface area contributed by atoms with E-state index in [4.69, 9.17) is 4.74 Å². The quantitative estimate of drug-likeness (QED) is 0.663. The van der Waals surface area contributed by atoms with Gasteiger partial charge in [-0.15, -0.1) is 0 Å². The van der Waals surface area contributed by atoms with E-state index < -0.39 is 0 Å². The van der Waals surface area contributed by atoms with E-state index in [1.54, 1.807) is 24.3 Å². The Kier molecular flexibility index (Phi) is 6.20. The Bertz CT molecular complexity index is 878. The first-order chi connectivity index (χ1) is 13.2. The molecule has 0 aliphatic carbocycles. The third kappa shape index (κ3) is 5.71. The minimum Gasteiger partial charge on any atom is -0.489 e. The van der Waals surface area contributed by atoms with Gasteiger partial charge >= 0.3 is 0 Å². The predicted octanol–water partition coefficient (Wildman–Crippen LogP) is 3.27. The zero-order valence-corrected chi connectivity index (χ0v) is 14.7. The van der Waals surface area contributed by atoms with Gasteiger partial charge in [-0.25, -0.2) is 0 Å². The molecule has 5 heteroatoms. The van der Waals surface area contributed by atoms with E-state index in [0.29, 0.717) is 17.9 Å². The lowest BCUT2D eigenvalue weighted by Gasteiger charge is -2.09. The van der Waals surface area contributed by atoms with E-state index >= 15 is 0 Å². The topological polar surface area (TPSA) is 67.4 Å². The first-order valence-electron chi connectivity index (χ1n) is 8.60. The summed E-state index contributed by atoms with van der Waals surface area (Å²) in [5.41, 5.74) is 7.22. The van der Waals surface area contributed by atoms with E-state index in [9.17, 15) is 9.59 Å². The van der Waals surface area contributed by atoms with Crippen molar-refractivity contribution in [1.29, 1.82) is 0 Å². The van der Waals surface area contributed by atoms with Crippen LogP contribution < -0.4 is 15.6 Å². The summed E-state index contributed by atoms with van der Waals surface area (Å²) < 4.78 is 5.69. The number of carbonyl (C=O) groups is 2. The number of hydrazine groups is 1. The molecule has 0 heterocycles. The van der Waals surface area contributed by atoms with Crippen molar-refractivity contribution < 1.29 is 14.3 Å². The van der Waals surface area contributed by atoms with Crippen molar-refractivity contribution in [3.8, 4) is 5.75 Å². The predicted molar refractivity (Wildman–Crippen MR) is 103 cm³/mol. The zero-order chi connectivity index (χ0) is 18.9. The Morgan fingerprint density at radius 1 is 0.704 bits per heavy atom. The molecule has 0 radical (unpaired) electrons. The highest BCUT2D eigenvalue weighted by Crippen LogP contribution is 2.14. The maximum Gasteiger partial charge on any atom is 0.269 e. The van der Waals surface area contributed by atoms with Crippen LogP contribution in [0, 0.1) is 0 Å². The number of hydrogen-bond acceptors (Lipinski definition) is 3. The number of amides is 2. The van der Waals surface area contributed by atoms with Crippen molar-refractivity contribution in [3.05, 3.63) is 102 Å². The molecule has 0 aliphatic heterocycles. The number of hydrogen-bond donors (Lipinski definition) is 2. The molecule has 0 fully saturated rings. The van der Waals surface area contributed by atoms with Gasteiger partial charge in [0, 0.05) is 5.56 Å². The molecule has 0 spiro atoms. The summed E-state index contributed by atoms with van der Waals surface area (Å²) >= 11 is 0. The summed E-state index contributed by atoms with van der Waals surface area (Å²) in [6.07, 6.45) is 0.202. The Hall–Kier alpha value is -3.60. The van der Waals surface area contributed by atoms with Crippen LogP contribution in [-0.2, 0) is 17.8 Å². The van der Waals surface area contributed by atoms with E-state index in [0.717, 1.165) is 11.1 Å². The third-order valence-electron chi connectivity index (χ3n) is 3.89. The van der Waals surface area contributed by atoms with E-state index in [-0.39, 0.29) is 18.2 Å². The van der Waals surface area contributed by atoms with E-state index in [1.807, 2.05) is 60.7 Å². The minimum atomic E-state index is -0.383. The molecule has 0 saturated heterocycles. The second kappa shape index (κ2) is 9.20. The maximum absolute atomic E-state index is 12.1. The minimum absolute atomic E-state index is 0.202. The largest absolute Gasteiger partial charge is 0.489 e. The first-order valence-corrected chi connectivity index (χ1v) is 8.60. The molecule has 0 unspecified atom stereocenters. The average Bonchev–Trinajstić information content (AvgIpc) is 2.72. The Labute approximate surface area is 158 Å². The van der Waals surface area contributed by atoms with Gasteiger partial charge < -0.3 is 4.74 Å². The van der Waals surface area contributed by atoms with Crippen LogP contribution in [0.1, 0.15) is 21.5 Å². The molecule has 0 aromatic heterocycles. The van der Waals surface area contributed by atoms with Crippen LogP contribution in [0.15, 0.2) is 84.9 Å². The fraction of sp³-hybridized carbons (Fsp3) is 0.0909. The van der Waals surface area contributed by atoms with Crippen molar-refractivity contribution in [2.24, 2.45) is 0 Å². The Morgan fingerprint density at radius 3 is 1.93 bits per heavy atom. The monoisotopic (exact) mass is 360 g/mol. The molecule has 0 atom stereocenters. The molecular formula is C22H20N2O3. The lowest BCUT2D eigenvalue weighted by atomic mass is 10.1. The summed E-state index contributed by atoms with van der Waals surface area (Å²) in [4.78, 5) is 24.0. The van der Waals surface area contributed by atoms with Crippen LogP contribution >= 0.6 is 0 Å². The first kappa shape index (κ1) is 18.2. The molecular weight excluding hydrogens is 340 g/mol. The van der Waals surface area contributed by atoms with Crippen molar-refractivity contribution in [2.75, 3.05) is 0 Å². The van der Waals surface area contributed by atoms with Crippen LogP contribution in [0.3, 0.4) is 0 Å². The second-order valence-electron chi connectivity index (χ2n) is 5.96. The van der Waals surface area contributed by atoms with E-state index in [1.165, 1.54) is 0 Å². The lowest BCUT2D eigenvalue weighted by Crippen LogP contribution is -2.42. The smallest absolute Gasteiger partial charge is 0.269 e. The summed E-state index contributed by atoms with van der Waals surface area (Å²) in [5, 5.41) is 0. The highest BCUT2D eigenvalue weighted by molar-refractivity contribution is 5.95. The number of carbonyl (C=O) groups excluding carboxylic acids is 2. The van der Waals surface area contributed by atoms with Crippen LogP contribution in [0.25, 0.3) is 0 Å². The number of ether oxygens (including phenoxy) is 1. The summed E-state index contributed by atoms with van der Waals surface area (Å²) in [7, 11) is 0. The summed E-state index contributed by atoms with van der Waals surface area (Å²) in [5.74, 6) is 0.00639. The molecule has 3 rings (SSSR count). The normalized spacial score (nSPS) is 10.1. The molecule has 2 N–H and O–H groups in total. The van der Waals surface area contributed by atoms with E-state index in [2.05, 4.69) is 10.9 Å². The Morgan fingerprint density at radius 2 is 1.30 bits per heavy atom. The zero-order valence-electron chi connectivity index (χ0n) is 14.7. The molecule has 2 amide bonds. The van der Waals surface area contributed by atoms with Gasteiger partial charge in [-0.3, -0.25) is 20.4 Å². The van der Waals surface area contributed by atoms with Crippen LogP contribution in [-0.4, -0.2) is 11.8 Å². The van der Waals surface area contributed by atoms with Gasteiger partial charge in [-0.1, -0.05) is 60.7 Å². The summed E-state index contributed by atoms with van der Waals surface area (Å²) in [6.45, 7) is 0.460. The molecule has 136 valence electrons. The number of nitrogens with one attached hydrogen (secondary N) is 2. The van der Waals surface area contributed by atoms with Crippen LogP contribution in [0.4, 0.5) is 0 Å². The summed E-state index contributed by atoms with van der Waals surface area (Å²) in [6, 6.07) is 25.9. The van der Waals surface area contributed by atoms with Gasteiger partial charge in [0.25, 0.3) is 5.91 Å². The third-order valence-corrected chi connectivity index (χ3v) is 3.89. The second-order valence-corrected chi connectivity index (χ2v) is 5.96. The number of benzene rings is 3. The molecule has 27 heavy (non-hydrogen) atoms. The molecule has 5 nitrogen and oxygen atoms in total. The van der Waals surface area contributed by atoms with Crippen molar-refractivity contribution >= 4 is 11.8 Å². The number of rotatable bonds is 6. The van der Waals surface area contributed by atoms with Crippen molar-refractivity contribution in [3.63, 3.8) is 0 Å². The highest BCUT2D eigenvalue weighted by atomic mass is 16.5. The van der Waals surface area contributed by atoms with Gasteiger partial charge in [-0.05, 0) is 35.4 Å². The van der Waals surface area contributed by atoms with Gasteiger partial charge in [0.2, 0.25) is 5.91 Å². The molecule has 0 bridgehead atoms. The molecule has 3 aromatic carbocycles. The fourth-order valence-electron chi connectivity index (χ4n) is 2.47. The van der Waals surface area contributed by atoms with Crippen molar-refractivity contribution in [1.82, 2.24) is 10.9 Å². The van der Waals surface area contributed by atoms with Gasteiger partial charge in [0.1, 0.15) is 12.4 Å². The average molecular weight is 360 g/mol. The standard InChI is InChI=1S/C22H20N2O3/c25-21(15-17-7-3-1-4-8-17)23-24-22(26)19-11-13-20(14-12-19)27-16-18-9-5-2-6-10-18/h1-14H,15-16H2,(H,23,25)(H,24,26). The molecule has 0 saturated carbocycles. The van der Waals surface area contributed by atoms with Gasteiger partial charge in [-0.2, -0.15) is 0 Å². The Balaban J connectivity index is 1.46. The van der Waals surface area contributed by atoms with Crippen LogP contribution in [0.2, 0.25) is 0 Å². The molecule has 0 aliphatic rings. The lowest BCUT2D eigenvalue weighted by molar-refractivity contribution is -0.121. The fourth-order valence-corrected chi connectivity index (χ4v) is 2.47.